The van der Waals surface area contributed by atoms with E-state index >= 15 is 4.11 Å². The molecule has 0 saturated carbocycles. The molecule has 0 unspecified atom stereocenters. The van der Waals surface area contributed by atoms with Crippen LogP contribution in [0.15, 0.2) is 72.8 Å². The number of aliphatic hydroxyl groups is 2. The van der Waals surface area contributed by atoms with Gasteiger partial charge in [-0.05, 0) is 49.3 Å². The van der Waals surface area contributed by atoms with Crippen LogP contribution in [0.1, 0.15) is 37.0 Å². The molecular formula is C35H41FN4O8Si. The van der Waals surface area contributed by atoms with Crippen molar-refractivity contribution in [3.8, 4) is 0 Å². The molecule has 2 heterocycles. The Hall–Kier alpha value is -4.50. The molecule has 0 aromatic heterocycles. The van der Waals surface area contributed by atoms with Gasteiger partial charge in [-0.1, -0.05) is 49.4 Å². The number of amides is 3. The van der Waals surface area contributed by atoms with E-state index in [1.165, 1.54) is 48.0 Å². The SMILES string of the molecule is C[C@H](O)C(=O)Nc1ccc(CN2C(=O)[C@]3(O[C@H](CC(=O)N(CCO)Cc4ccccc4)[C@@H]([Si](C)(C)F)[C@@H]3C)c3cc([N+](=O)[O-])ccc32)cc1. The zero-order chi connectivity index (χ0) is 35.7. The van der Waals surface area contributed by atoms with Crippen LogP contribution in [0.25, 0.3) is 0 Å². The molecule has 5 rings (SSSR count). The van der Waals surface area contributed by atoms with E-state index < -0.39 is 54.4 Å². The summed E-state index contributed by atoms with van der Waals surface area (Å²) in [7, 11) is -3.65. The summed E-state index contributed by atoms with van der Waals surface area (Å²) in [4.78, 5) is 54.6. The maximum absolute atomic E-state index is 16.3. The second-order valence-electron chi connectivity index (χ2n) is 13.2. The number of fused-ring (bicyclic) bond motifs is 2. The van der Waals surface area contributed by atoms with Crippen molar-refractivity contribution in [2.45, 2.75) is 69.8 Å². The lowest BCUT2D eigenvalue weighted by molar-refractivity contribution is -0.385. The van der Waals surface area contributed by atoms with Gasteiger partial charge in [-0.15, -0.1) is 0 Å². The van der Waals surface area contributed by atoms with Crippen molar-refractivity contribution in [2.75, 3.05) is 23.4 Å². The summed E-state index contributed by atoms with van der Waals surface area (Å²) in [6.45, 7) is 6.10. The molecule has 49 heavy (non-hydrogen) atoms. The van der Waals surface area contributed by atoms with Crippen molar-refractivity contribution >= 4 is 43.2 Å². The molecule has 2 aliphatic heterocycles. The molecule has 12 nitrogen and oxygen atoms in total. The number of nitrogens with zero attached hydrogens (tertiary/aromatic N) is 3. The summed E-state index contributed by atoms with van der Waals surface area (Å²) < 4.78 is 23.0. The standard InChI is InChI=1S/C35H41FN4O8Si/c1-22-32(49(3,4)36)30(19-31(43)38(16-17-41)20-24-8-6-5-7-9-24)48-35(22)28-18-27(40(46)47)14-15-29(28)39(34(35)45)21-25-10-12-26(13-11-25)37-33(44)23(2)42/h5-15,18,22-23,30,32,41-42H,16-17,19-21H2,1-4H3,(H,37,44)/t22-,23-,30+,32-,35+/m0/s1. The summed E-state index contributed by atoms with van der Waals surface area (Å²) in [5.41, 5.74) is -0.295. The summed E-state index contributed by atoms with van der Waals surface area (Å²) in [5, 5.41) is 33.7. The van der Waals surface area contributed by atoms with Crippen molar-refractivity contribution in [2.24, 2.45) is 5.92 Å². The van der Waals surface area contributed by atoms with Crippen LogP contribution in [0.2, 0.25) is 18.6 Å². The summed E-state index contributed by atoms with van der Waals surface area (Å²) in [5.74, 6) is -2.25. The molecule has 3 aromatic rings. The van der Waals surface area contributed by atoms with Gasteiger partial charge >= 0.3 is 0 Å². The summed E-state index contributed by atoms with van der Waals surface area (Å²) >= 11 is 0. The number of rotatable bonds is 12. The van der Waals surface area contributed by atoms with Crippen LogP contribution in [0.4, 0.5) is 21.2 Å². The molecule has 0 radical (unpaired) electrons. The average Bonchev–Trinajstić information content (AvgIpc) is 3.47. The smallest absolute Gasteiger partial charge is 0.269 e. The van der Waals surface area contributed by atoms with Crippen LogP contribution >= 0.6 is 0 Å². The fraction of sp³-hybridized carbons (Fsp3) is 0.400. The van der Waals surface area contributed by atoms with Crippen molar-refractivity contribution in [1.29, 1.82) is 0 Å². The minimum absolute atomic E-state index is 0.0398. The lowest BCUT2D eigenvalue weighted by Gasteiger charge is -2.31. The minimum atomic E-state index is -3.65. The molecule has 5 atom stereocenters. The molecule has 3 amide bonds. The van der Waals surface area contributed by atoms with E-state index in [0.717, 1.165) is 5.56 Å². The maximum atomic E-state index is 16.3. The monoisotopic (exact) mass is 692 g/mol. The number of nitrogens with one attached hydrogen (secondary N) is 1. The van der Waals surface area contributed by atoms with Crippen molar-refractivity contribution < 1.29 is 38.4 Å². The maximum Gasteiger partial charge on any atom is 0.269 e. The number of carbonyl (C=O) groups excluding carboxylic acids is 3. The van der Waals surface area contributed by atoms with E-state index in [9.17, 15) is 34.7 Å². The fourth-order valence-corrected chi connectivity index (χ4v) is 9.64. The lowest BCUT2D eigenvalue weighted by atomic mass is 9.82. The van der Waals surface area contributed by atoms with Gasteiger partial charge in [-0.3, -0.25) is 24.5 Å². The Morgan fingerprint density at radius 2 is 1.80 bits per heavy atom. The summed E-state index contributed by atoms with van der Waals surface area (Å²) in [6.07, 6.45) is -2.46. The number of benzene rings is 3. The highest BCUT2D eigenvalue weighted by molar-refractivity contribution is 6.72. The number of halogens is 1. The van der Waals surface area contributed by atoms with Gasteiger partial charge in [0, 0.05) is 47.9 Å². The Balaban J connectivity index is 1.50. The third kappa shape index (κ3) is 7.13. The molecular weight excluding hydrogens is 651 g/mol. The van der Waals surface area contributed by atoms with Crippen molar-refractivity contribution in [1.82, 2.24) is 4.90 Å². The number of nitro groups is 1. The molecule has 260 valence electrons. The average molecular weight is 693 g/mol. The van der Waals surface area contributed by atoms with E-state index in [1.54, 1.807) is 31.2 Å². The number of aliphatic hydroxyl groups excluding tert-OH is 2. The number of ether oxygens (including phenoxy) is 1. The molecule has 3 N–H and O–H groups in total. The Labute approximate surface area is 284 Å². The quantitative estimate of drug-likeness (QED) is 0.107. The predicted octanol–water partition coefficient (Wildman–Crippen LogP) is 4.65. The normalized spacial score (nSPS) is 22.2. The highest BCUT2D eigenvalue weighted by Crippen LogP contribution is 2.60. The first kappa shape index (κ1) is 35.8. The molecule has 14 heteroatoms. The highest BCUT2D eigenvalue weighted by atomic mass is 28.4. The Bertz CT molecular complexity index is 1720. The van der Waals surface area contributed by atoms with Crippen molar-refractivity contribution in [3.05, 3.63) is 99.6 Å². The van der Waals surface area contributed by atoms with Gasteiger partial charge in [0.25, 0.3) is 17.5 Å². The van der Waals surface area contributed by atoms with Gasteiger partial charge in [0.05, 0.1) is 36.3 Å². The number of hydrogen-bond acceptors (Lipinski definition) is 8. The van der Waals surface area contributed by atoms with E-state index in [0.29, 0.717) is 16.9 Å². The predicted molar refractivity (Wildman–Crippen MR) is 183 cm³/mol. The second-order valence-corrected chi connectivity index (χ2v) is 17.0. The molecule has 0 aliphatic carbocycles. The zero-order valence-electron chi connectivity index (χ0n) is 27.8. The first-order chi connectivity index (χ1) is 23.2. The second kappa shape index (κ2) is 14.2. The van der Waals surface area contributed by atoms with Crippen LogP contribution in [-0.4, -0.2) is 71.5 Å². The van der Waals surface area contributed by atoms with E-state index in [4.69, 9.17) is 4.74 Å². The Kier molecular flexibility index (Phi) is 10.3. The Morgan fingerprint density at radius 1 is 1.12 bits per heavy atom. The van der Waals surface area contributed by atoms with Gasteiger partial charge in [0.15, 0.2) is 5.60 Å². The van der Waals surface area contributed by atoms with Crippen LogP contribution < -0.4 is 10.2 Å². The molecule has 1 fully saturated rings. The fourth-order valence-electron chi connectivity index (χ4n) is 7.15. The van der Waals surface area contributed by atoms with Crippen LogP contribution in [0, 0.1) is 16.0 Å². The number of anilines is 2. The third-order valence-corrected chi connectivity index (χ3v) is 11.9. The van der Waals surface area contributed by atoms with Crippen molar-refractivity contribution in [3.63, 3.8) is 0 Å². The first-order valence-corrected chi connectivity index (χ1v) is 19.1. The molecule has 2 aliphatic rings. The van der Waals surface area contributed by atoms with Crippen LogP contribution in [0.5, 0.6) is 0 Å². The summed E-state index contributed by atoms with van der Waals surface area (Å²) in [6, 6.07) is 20.0. The lowest BCUT2D eigenvalue weighted by Crippen LogP contribution is -2.45. The highest BCUT2D eigenvalue weighted by Gasteiger charge is 2.67. The third-order valence-electron chi connectivity index (χ3n) is 9.41. The molecule has 0 bridgehead atoms. The number of non-ortho nitro benzene ring substituents is 1. The minimum Gasteiger partial charge on any atom is -0.395 e. The molecule has 1 saturated heterocycles. The van der Waals surface area contributed by atoms with E-state index in [-0.39, 0.29) is 49.8 Å². The van der Waals surface area contributed by atoms with Gasteiger partial charge in [0.1, 0.15) is 6.10 Å². The number of nitro benzene ring substituents is 1. The number of carbonyl (C=O) groups is 3. The van der Waals surface area contributed by atoms with Gasteiger partial charge < -0.3 is 34.2 Å². The van der Waals surface area contributed by atoms with Crippen LogP contribution in [-0.2, 0) is 37.8 Å². The van der Waals surface area contributed by atoms with Gasteiger partial charge in [0.2, 0.25) is 14.3 Å². The van der Waals surface area contributed by atoms with Crippen LogP contribution in [0.3, 0.4) is 0 Å². The molecule has 3 aromatic carbocycles. The zero-order valence-corrected chi connectivity index (χ0v) is 28.8. The largest absolute Gasteiger partial charge is 0.395 e. The van der Waals surface area contributed by atoms with Gasteiger partial charge in [-0.25, -0.2) is 0 Å². The van der Waals surface area contributed by atoms with Gasteiger partial charge in [-0.2, -0.15) is 0 Å². The topological polar surface area (TPSA) is 163 Å². The van der Waals surface area contributed by atoms with E-state index in [1.807, 2.05) is 30.3 Å². The van der Waals surface area contributed by atoms with E-state index in [2.05, 4.69) is 5.32 Å². The number of hydrogen-bond donors (Lipinski definition) is 3. The molecule has 1 spiro atoms. The first-order valence-electron chi connectivity index (χ1n) is 16.2. The Morgan fingerprint density at radius 3 is 2.39 bits per heavy atom.